The molecule has 0 bridgehead atoms. The summed E-state index contributed by atoms with van der Waals surface area (Å²) < 4.78 is 46.7. The minimum Gasteiger partial charge on any atom is -0.506 e. The molecule has 11 heteroatoms. The lowest BCUT2D eigenvalue weighted by Gasteiger charge is -2.28. The average molecular weight is 396 g/mol. The first-order chi connectivity index (χ1) is 12.8. The first kappa shape index (κ1) is 17.7. The van der Waals surface area contributed by atoms with E-state index < -0.39 is 39.9 Å². The highest BCUT2D eigenvalue weighted by Gasteiger charge is 2.39. The molecule has 4 rings (SSSR count). The van der Waals surface area contributed by atoms with E-state index in [9.17, 15) is 18.3 Å². The number of amides is 1. The number of carbonyl (C=O) groups excluding carboxylic acids is 1. The summed E-state index contributed by atoms with van der Waals surface area (Å²) in [4.78, 5) is 15.3. The van der Waals surface area contributed by atoms with E-state index in [0.717, 1.165) is 6.42 Å². The molecular formula is C16H17FN4O5S. The number of nitrogens with one attached hydrogen (secondary N) is 2. The van der Waals surface area contributed by atoms with Crippen molar-refractivity contribution in [1.82, 2.24) is 15.0 Å². The second-order valence-electron chi connectivity index (χ2n) is 6.52. The summed E-state index contributed by atoms with van der Waals surface area (Å²) in [5.41, 5.74) is 0.462. The highest BCUT2D eigenvalue weighted by molar-refractivity contribution is 7.92. The molecule has 1 aliphatic heterocycles. The van der Waals surface area contributed by atoms with Gasteiger partial charge >= 0.3 is 10.2 Å². The summed E-state index contributed by atoms with van der Waals surface area (Å²) in [6.45, 7) is -0.135. The quantitative estimate of drug-likeness (QED) is 0.681. The molecule has 1 atom stereocenters. The van der Waals surface area contributed by atoms with Crippen LogP contribution in [0.3, 0.4) is 0 Å². The summed E-state index contributed by atoms with van der Waals surface area (Å²) >= 11 is 0. The molecular weight excluding hydrogens is 379 g/mol. The van der Waals surface area contributed by atoms with Crippen molar-refractivity contribution in [3.05, 3.63) is 41.4 Å². The van der Waals surface area contributed by atoms with Crippen molar-refractivity contribution in [2.75, 3.05) is 10.8 Å². The topological polar surface area (TPSA) is 125 Å². The zero-order valence-corrected chi connectivity index (χ0v) is 14.9. The minimum atomic E-state index is -4.22. The number of phenols is 1. The summed E-state index contributed by atoms with van der Waals surface area (Å²) in [7, 11) is -4.22. The Balaban J connectivity index is 1.62. The summed E-state index contributed by atoms with van der Waals surface area (Å²) in [6, 6.07) is 1.32. The number of halogens is 1. The number of rotatable bonds is 4. The molecule has 144 valence electrons. The van der Waals surface area contributed by atoms with Crippen LogP contribution in [0.2, 0.25) is 0 Å². The lowest BCUT2D eigenvalue weighted by molar-refractivity contribution is -0.117. The van der Waals surface area contributed by atoms with Crippen LogP contribution in [0.15, 0.2) is 23.1 Å². The van der Waals surface area contributed by atoms with Crippen molar-refractivity contribution >= 4 is 21.8 Å². The van der Waals surface area contributed by atoms with Crippen LogP contribution in [0.4, 0.5) is 10.1 Å². The Kier molecular flexibility index (Phi) is 4.27. The lowest BCUT2D eigenvalue weighted by atomic mass is 9.87. The van der Waals surface area contributed by atoms with E-state index in [4.69, 9.17) is 4.42 Å². The van der Waals surface area contributed by atoms with Crippen molar-refractivity contribution in [2.24, 2.45) is 0 Å². The molecule has 0 unspecified atom stereocenters. The molecule has 2 aliphatic rings. The molecule has 0 saturated carbocycles. The van der Waals surface area contributed by atoms with Gasteiger partial charge < -0.3 is 14.8 Å². The second-order valence-corrected chi connectivity index (χ2v) is 8.12. The normalized spacial score (nSPS) is 21.1. The molecule has 2 heterocycles. The van der Waals surface area contributed by atoms with Gasteiger partial charge in [0.05, 0.1) is 12.7 Å². The Morgan fingerprint density at radius 1 is 1.48 bits per heavy atom. The molecule has 1 aromatic heterocycles. The maximum absolute atomic E-state index is 15.2. The van der Waals surface area contributed by atoms with Gasteiger partial charge in [0.25, 0.3) is 5.91 Å². The van der Waals surface area contributed by atoms with Crippen LogP contribution < -0.4 is 14.3 Å². The van der Waals surface area contributed by atoms with E-state index in [1.165, 1.54) is 12.5 Å². The zero-order chi connectivity index (χ0) is 19.2. The third-order valence-corrected chi connectivity index (χ3v) is 6.12. The van der Waals surface area contributed by atoms with E-state index in [1.54, 1.807) is 10.9 Å². The van der Waals surface area contributed by atoms with Crippen molar-refractivity contribution in [1.29, 1.82) is 0 Å². The van der Waals surface area contributed by atoms with Crippen molar-refractivity contribution in [3.63, 3.8) is 0 Å². The highest BCUT2D eigenvalue weighted by atomic mass is 32.2. The van der Waals surface area contributed by atoms with Gasteiger partial charge in [-0.25, -0.2) is 18.4 Å². The van der Waals surface area contributed by atoms with Gasteiger partial charge in [-0.2, -0.15) is 8.42 Å². The largest absolute Gasteiger partial charge is 0.506 e. The molecule has 0 spiro atoms. The Bertz CT molecular complexity index is 993. The first-order valence-electron chi connectivity index (χ1n) is 8.32. The third-order valence-electron chi connectivity index (χ3n) is 4.74. The van der Waals surface area contributed by atoms with Crippen LogP contribution in [0.25, 0.3) is 0 Å². The van der Waals surface area contributed by atoms with Gasteiger partial charge in [-0.3, -0.25) is 4.79 Å². The number of hydrogen-bond donors (Lipinski definition) is 3. The van der Waals surface area contributed by atoms with Gasteiger partial charge in [0.2, 0.25) is 0 Å². The highest BCUT2D eigenvalue weighted by Crippen LogP contribution is 2.39. The van der Waals surface area contributed by atoms with E-state index >= 15 is 4.39 Å². The molecule has 0 radical (unpaired) electrons. The monoisotopic (exact) mass is 396 g/mol. The number of aromatic nitrogens is 1. The van der Waals surface area contributed by atoms with Crippen LogP contribution in [0, 0.1) is 5.82 Å². The van der Waals surface area contributed by atoms with Crippen LogP contribution >= 0.6 is 0 Å². The van der Waals surface area contributed by atoms with Gasteiger partial charge in [0.15, 0.2) is 12.2 Å². The second kappa shape index (κ2) is 6.50. The molecule has 1 aliphatic carbocycles. The maximum Gasteiger partial charge on any atom is 0.326 e. The number of fused-ring (bicyclic) bond motifs is 1. The zero-order valence-electron chi connectivity index (χ0n) is 14.1. The number of carbonyl (C=O) groups is 1. The predicted molar refractivity (Wildman–Crippen MR) is 91.6 cm³/mol. The standard InChI is InChI=1S/C16H17FN4O5S/c17-15-12-4-10(19-6-11-5-18-8-26-11)2-1-9(12)3-13(22)16(15)21-7-14(23)20-27(21,24)25/h3,5,8,10,19,22H,1-2,4,6-7H2,(H,20,23)/t10-/m1/s1. The number of aryl methyl sites for hydroxylation is 1. The van der Waals surface area contributed by atoms with Crippen LogP contribution in [0.5, 0.6) is 5.75 Å². The number of benzene rings is 1. The fraction of sp³-hybridized carbons (Fsp3) is 0.375. The van der Waals surface area contributed by atoms with Crippen molar-refractivity contribution < 1.29 is 27.1 Å². The first-order valence-corrected chi connectivity index (χ1v) is 9.76. The number of nitrogens with zero attached hydrogens (tertiary/aromatic N) is 2. The third kappa shape index (κ3) is 3.23. The number of oxazole rings is 1. The Morgan fingerprint density at radius 2 is 2.30 bits per heavy atom. The summed E-state index contributed by atoms with van der Waals surface area (Å²) in [5.74, 6) is -1.45. The molecule has 9 nitrogen and oxygen atoms in total. The SMILES string of the molecule is O=C1CN(c2c(O)cc3c(c2F)C[C@H](NCc2cnco2)CC3)S(=O)(=O)N1. The number of phenolic OH excluding ortho intramolecular Hbond substituents is 1. The van der Waals surface area contributed by atoms with E-state index in [-0.39, 0.29) is 6.04 Å². The molecule has 1 amide bonds. The Labute approximate surface area is 154 Å². The summed E-state index contributed by atoms with van der Waals surface area (Å²) in [6.07, 6.45) is 4.48. The molecule has 2 aromatic rings. The van der Waals surface area contributed by atoms with E-state index in [2.05, 4.69) is 10.3 Å². The van der Waals surface area contributed by atoms with Crippen LogP contribution in [-0.4, -0.2) is 37.0 Å². The van der Waals surface area contributed by atoms with Crippen molar-refractivity contribution in [2.45, 2.75) is 31.8 Å². The smallest absolute Gasteiger partial charge is 0.326 e. The minimum absolute atomic E-state index is 0.0514. The number of hydrogen-bond acceptors (Lipinski definition) is 7. The molecule has 1 fully saturated rings. The average Bonchev–Trinajstić information content (AvgIpc) is 3.21. The molecule has 1 aromatic carbocycles. The number of aromatic hydroxyl groups is 1. The van der Waals surface area contributed by atoms with E-state index in [0.29, 0.717) is 40.6 Å². The van der Waals surface area contributed by atoms with Crippen molar-refractivity contribution in [3.8, 4) is 5.75 Å². The Hall–Kier alpha value is -2.66. The molecule has 3 N–H and O–H groups in total. The Morgan fingerprint density at radius 3 is 2.96 bits per heavy atom. The van der Waals surface area contributed by atoms with Crippen LogP contribution in [-0.2, 0) is 34.4 Å². The van der Waals surface area contributed by atoms with Gasteiger partial charge in [0.1, 0.15) is 23.7 Å². The van der Waals surface area contributed by atoms with E-state index in [1.807, 2.05) is 0 Å². The van der Waals surface area contributed by atoms with Gasteiger partial charge in [-0.1, -0.05) is 0 Å². The maximum atomic E-state index is 15.2. The van der Waals surface area contributed by atoms with Gasteiger partial charge in [-0.05, 0) is 36.5 Å². The molecule has 1 saturated heterocycles. The fourth-order valence-corrected chi connectivity index (χ4v) is 4.63. The lowest BCUT2D eigenvalue weighted by Crippen LogP contribution is -2.35. The summed E-state index contributed by atoms with van der Waals surface area (Å²) in [5, 5.41) is 13.5. The molecule has 27 heavy (non-hydrogen) atoms. The number of anilines is 1. The van der Waals surface area contributed by atoms with Crippen LogP contribution in [0.1, 0.15) is 23.3 Å². The van der Waals surface area contributed by atoms with Gasteiger partial charge in [0, 0.05) is 6.04 Å². The fourth-order valence-electron chi connectivity index (χ4n) is 3.47. The van der Waals surface area contributed by atoms with Gasteiger partial charge in [-0.15, -0.1) is 0 Å². The predicted octanol–water partition coefficient (Wildman–Crippen LogP) is 0.347.